The summed E-state index contributed by atoms with van der Waals surface area (Å²) in [6, 6.07) is -1.72. The van der Waals surface area contributed by atoms with Crippen molar-refractivity contribution in [3.8, 4) is 0 Å². The number of hydrogen-bond donors (Lipinski definition) is 3. The van der Waals surface area contributed by atoms with Crippen molar-refractivity contribution in [3.05, 3.63) is 0 Å². The number of carboxylic acids is 1. The maximum Gasteiger partial charge on any atom is 0.326 e. The Morgan fingerprint density at radius 1 is 1.47 bits per heavy atom. The summed E-state index contributed by atoms with van der Waals surface area (Å²) in [7, 11) is 1.42. The molecule has 0 bridgehead atoms. The zero-order valence-corrected chi connectivity index (χ0v) is 10.3. The Bertz CT molecular complexity index is 263. The highest BCUT2D eigenvalue weighted by Gasteiger charge is 2.33. The van der Waals surface area contributed by atoms with Gasteiger partial charge in [0.1, 0.15) is 6.04 Å². The van der Waals surface area contributed by atoms with Crippen LogP contribution < -0.4 is 5.73 Å². The van der Waals surface area contributed by atoms with Crippen LogP contribution in [-0.4, -0.2) is 45.8 Å². The Labute approximate surface area is 95.0 Å². The summed E-state index contributed by atoms with van der Waals surface area (Å²) in [5.74, 6) is -1.49. The molecule has 0 aromatic rings. The number of thiol groups is 1. The molecule has 1 amide bonds. The first kappa shape index (κ1) is 14.2. The molecule has 0 unspecified atom stereocenters. The minimum Gasteiger partial charge on any atom is -0.480 e. The monoisotopic (exact) mass is 234 g/mol. The van der Waals surface area contributed by atoms with Crippen molar-refractivity contribution in [3.63, 3.8) is 0 Å². The molecule has 3 N–H and O–H groups in total. The number of nitrogens with two attached hydrogens (primary N) is 1. The molecule has 15 heavy (non-hydrogen) atoms. The number of amides is 1. The van der Waals surface area contributed by atoms with Gasteiger partial charge in [-0.05, 0) is 20.8 Å². The fourth-order valence-electron chi connectivity index (χ4n) is 0.878. The molecule has 0 saturated carbocycles. The maximum absolute atomic E-state index is 11.7. The van der Waals surface area contributed by atoms with Crippen LogP contribution in [-0.2, 0) is 9.59 Å². The minimum absolute atomic E-state index is 0.426. The number of hydrogen-bond acceptors (Lipinski definition) is 4. The lowest BCUT2D eigenvalue weighted by Gasteiger charge is -2.30. The van der Waals surface area contributed by atoms with Gasteiger partial charge in [0, 0.05) is 11.8 Å². The second-order valence-electron chi connectivity index (χ2n) is 4.09. The molecule has 6 heteroatoms. The summed E-state index contributed by atoms with van der Waals surface area (Å²) in [4.78, 5) is 23.5. The van der Waals surface area contributed by atoms with E-state index in [0.717, 1.165) is 4.90 Å². The van der Waals surface area contributed by atoms with Crippen LogP contribution in [0.4, 0.5) is 0 Å². The average molecular weight is 234 g/mol. The molecule has 0 spiro atoms. The normalized spacial score (nSPS) is 15.6. The fraction of sp³-hybridized carbons (Fsp3) is 0.778. The van der Waals surface area contributed by atoms with Crippen LogP contribution in [0.15, 0.2) is 0 Å². The van der Waals surface area contributed by atoms with Gasteiger partial charge >= 0.3 is 5.97 Å². The van der Waals surface area contributed by atoms with Crippen LogP contribution in [0.5, 0.6) is 0 Å². The fourth-order valence-corrected chi connectivity index (χ4v) is 0.989. The topological polar surface area (TPSA) is 83.6 Å². The van der Waals surface area contributed by atoms with Crippen LogP contribution in [0.1, 0.15) is 20.8 Å². The first-order chi connectivity index (χ1) is 6.59. The zero-order chi connectivity index (χ0) is 12.4. The van der Waals surface area contributed by atoms with Gasteiger partial charge in [-0.3, -0.25) is 4.79 Å². The molecule has 0 aromatic heterocycles. The Morgan fingerprint density at radius 2 is 1.87 bits per heavy atom. The van der Waals surface area contributed by atoms with E-state index >= 15 is 0 Å². The second kappa shape index (κ2) is 4.85. The van der Waals surface area contributed by atoms with Gasteiger partial charge in [-0.15, -0.1) is 0 Å². The van der Waals surface area contributed by atoms with E-state index in [1.165, 1.54) is 14.0 Å². The predicted octanol–water partition coefficient (Wildman–Crippen LogP) is -0.0464. The van der Waals surface area contributed by atoms with Gasteiger partial charge < -0.3 is 15.7 Å². The van der Waals surface area contributed by atoms with Gasteiger partial charge in [0.25, 0.3) is 0 Å². The van der Waals surface area contributed by atoms with Gasteiger partial charge in [-0.1, -0.05) is 0 Å². The number of nitrogens with zero attached hydrogens (tertiary/aromatic N) is 1. The SMILES string of the molecule is C[C@@H](C(=O)O)N(C)C(=O)[C@@H](N)C(C)(C)S. The van der Waals surface area contributed by atoms with E-state index in [-0.39, 0.29) is 0 Å². The molecule has 5 nitrogen and oxygen atoms in total. The van der Waals surface area contributed by atoms with Crippen molar-refractivity contribution in [1.29, 1.82) is 0 Å². The average Bonchev–Trinajstić information content (AvgIpc) is 2.11. The van der Waals surface area contributed by atoms with Crippen molar-refractivity contribution < 1.29 is 14.7 Å². The number of carbonyl (C=O) groups excluding carboxylic acids is 1. The standard InChI is InChI=1S/C9H18N2O3S/c1-5(8(13)14)11(4)7(12)6(10)9(2,3)15/h5-6,15H,10H2,1-4H3,(H,13,14)/t5-,6+/m0/s1. The van der Waals surface area contributed by atoms with E-state index < -0.39 is 28.7 Å². The van der Waals surface area contributed by atoms with E-state index in [4.69, 9.17) is 10.8 Å². The number of carbonyl (C=O) groups is 2. The molecule has 0 saturated heterocycles. The third kappa shape index (κ3) is 3.71. The van der Waals surface area contributed by atoms with Crippen LogP contribution in [0.25, 0.3) is 0 Å². The highest BCUT2D eigenvalue weighted by Crippen LogP contribution is 2.17. The maximum atomic E-state index is 11.7. The molecule has 0 rings (SSSR count). The molecule has 0 fully saturated rings. The van der Waals surface area contributed by atoms with Crippen molar-refractivity contribution in [1.82, 2.24) is 4.90 Å². The highest BCUT2D eigenvalue weighted by atomic mass is 32.1. The third-order valence-electron chi connectivity index (χ3n) is 2.31. The lowest BCUT2D eigenvalue weighted by atomic mass is 10.0. The summed E-state index contributed by atoms with van der Waals surface area (Å²) >= 11 is 4.18. The van der Waals surface area contributed by atoms with E-state index in [0.29, 0.717) is 0 Å². The molecule has 0 heterocycles. The molecule has 0 radical (unpaired) electrons. The van der Waals surface area contributed by atoms with E-state index in [1.54, 1.807) is 13.8 Å². The summed E-state index contributed by atoms with van der Waals surface area (Å²) < 4.78 is -0.677. The molecule has 2 atom stereocenters. The third-order valence-corrected chi connectivity index (χ3v) is 2.59. The Balaban J connectivity index is 4.66. The Hall–Kier alpha value is -0.750. The minimum atomic E-state index is -1.06. The van der Waals surface area contributed by atoms with Gasteiger partial charge in [0.15, 0.2) is 0 Å². The van der Waals surface area contributed by atoms with Crippen LogP contribution >= 0.6 is 12.6 Å². The zero-order valence-electron chi connectivity index (χ0n) is 9.39. The van der Waals surface area contributed by atoms with Crippen molar-refractivity contribution in [2.75, 3.05) is 7.05 Å². The molecular weight excluding hydrogens is 216 g/mol. The smallest absolute Gasteiger partial charge is 0.326 e. The van der Waals surface area contributed by atoms with Gasteiger partial charge in [-0.2, -0.15) is 12.6 Å². The molecule has 0 aliphatic rings. The van der Waals surface area contributed by atoms with Crippen LogP contribution in [0.3, 0.4) is 0 Å². The largest absolute Gasteiger partial charge is 0.480 e. The van der Waals surface area contributed by atoms with E-state index in [9.17, 15) is 9.59 Å². The number of rotatable bonds is 4. The first-order valence-electron chi connectivity index (χ1n) is 4.56. The van der Waals surface area contributed by atoms with Crippen molar-refractivity contribution in [2.24, 2.45) is 5.73 Å². The lowest BCUT2D eigenvalue weighted by Crippen LogP contribution is -2.54. The summed E-state index contributed by atoms with van der Waals surface area (Å²) in [5, 5.41) is 8.73. The van der Waals surface area contributed by atoms with E-state index in [1.807, 2.05) is 0 Å². The lowest BCUT2D eigenvalue weighted by molar-refractivity contribution is -0.148. The molecule has 0 aromatic carbocycles. The van der Waals surface area contributed by atoms with Gasteiger partial charge in [0.2, 0.25) is 5.91 Å². The molecule has 0 aliphatic heterocycles. The highest BCUT2D eigenvalue weighted by molar-refractivity contribution is 7.81. The first-order valence-corrected chi connectivity index (χ1v) is 5.01. The quantitative estimate of drug-likeness (QED) is 0.596. The summed E-state index contributed by atoms with van der Waals surface area (Å²) in [6.45, 7) is 4.84. The number of aliphatic carboxylic acids is 1. The Kier molecular flexibility index (Phi) is 4.61. The van der Waals surface area contributed by atoms with Crippen molar-refractivity contribution >= 4 is 24.5 Å². The van der Waals surface area contributed by atoms with Crippen LogP contribution in [0, 0.1) is 0 Å². The van der Waals surface area contributed by atoms with Gasteiger partial charge in [0.05, 0.1) is 6.04 Å². The van der Waals surface area contributed by atoms with E-state index in [2.05, 4.69) is 12.6 Å². The number of likely N-dealkylation sites (N-methyl/N-ethyl adjacent to an activating group) is 1. The summed E-state index contributed by atoms with van der Waals surface area (Å²) in [5.41, 5.74) is 5.67. The summed E-state index contributed by atoms with van der Waals surface area (Å²) in [6.07, 6.45) is 0. The molecule has 0 aliphatic carbocycles. The van der Waals surface area contributed by atoms with Crippen LogP contribution in [0.2, 0.25) is 0 Å². The Morgan fingerprint density at radius 3 is 2.13 bits per heavy atom. The molecular formula is C9H18N2O3S. The molecule has 88 valence electrons. The predicted molar refractivity (Wildman–Crippen MR) is 60.9 cm³/mol. The van der Waals surface area contributed by atoms with Crippen molar-refractivity contribution in [2.45, 2.75) is 37.6 Å². The second-order valence-corrected chi connectivity index (χ2v) is 5.25. The number of carboxylic acid groups (broad SMARTS) is 1. The van der Waals surface area contributed by atoms with Gasteiger partial charge in [-0.25, -0.2) is 4.79 Å².